The molecule has 2 amide bonds. The molecule has 164 valence electrons. The first kappa shape index (κ1) is 23.0. The van der Waals surface area contributed by atoms with Gasteiger partial charge in [-0.2, -0.15) is 0 Å². The molecule has 31 heavy (non-hydrogen) atoms. The number of unbranched alkanes of at least 4 members (excludes halogenated alkanes) is 1. The molecule has 2 heterocycles. The summed E-state index contributed by atoms with van der Waals surface area (Å²) in [4.78, 5) is 30.2. The van der Waals surface area contributed by atoms with Gasteiger partial charge in [0.25, 0.3) is 0 Å². The first-order chi connectivity index (χ1) is 15.1. The largest absolute Gasteiger partial charge is 0.497 e. The summed E-state index contributed by atoms with van der Waals surface area (Å²) in [5.41, 5.74) is 0.976. The van der Waals surface area contributed by atoms with Gasteiger partial charge >= 0.3 is 0 Å². The fourth-order valence-electron chi connectivity index (χ4n) is 3.29. The normalized spacial score (nSPS) is 11.7. The molecular weight excluding hydrogens is 428 g/mol. The number of amides is 2. The van der Waals surface area contributed by atoms with E-state index < -0.39 is 6.04 Å². The molecule has 0 aliphatic rings. The molecule has 0 saturated carbocycles. The average molecular weight is 457 g/mol. The Morgan fingerprint density at radius 3 is 2.42 bits per heavy atom. The van der Waals surface area contributed by atoms with Crippen LogP contribution in [0.5, 0.6) is 5.75 Å². The average Bonchev–Trinajstić information content (AvgIpc) is 3.49. The Balaban J connectivity index is 1.78. The summed E-state index contributed by atoms with van der Waals surface area (Å²) in [6.07, 6.45) is 2.12. The third-order valence-electron chi connectivity index (χ3n) is 4.98. The van der Waals surface area contributed by atoms with Crippen molar-refractivity contribution in [1.82, 2.24) is 10.2 Å². The minimum absolute atomic E-state index is 0.0195. The van der Waals surface area contributed by atoms with Gasteiger partial charge in [-0.3, -0.25) is 9.59 Å². The van der Waals surface area contributed by atoms with Crippen LogP contribution in [0.15, 0.2) is 59.3 Å². The van der Waals surface area contributed by atoms with Crippen LogP contribution in [0.25, 0.3) is 0 Å². The van der Waals surface area contributed by atoms with E-state index in [0.717, 1.165) is 33.9 Å². The number of thiophene rings is 2. The molecular formula is C24H28N2O3S2. The first-order valence-corrected chi connectivity index (χ1v) is 12.1. The lowest BCUT2D eigenvalue weighted by atomic mass is 10.1. The zero-order chi connectivity index (χ0) is 22.1. The summed E-state index contributed by atoms with van der Waals surface area (Å²) >= 11 is 3.07. The van der Waals surface area contributed by atoms with Crippen molar-refractivity contribution in [2.75, 3.05) is 13.7 Å². The molecule has 1 unspecified atom stereocenters. The van der Waals surface area contributed by atoms with Crippen LogP contribution in [0.3, 0.4) is 0 Å². The number of rotatable bonds is 11. The highest BCUT2D eigenvalue weighted by Crippen LogP contribution is 2.27. The summed E-state index contributed by atoms with van der Waals surface area (Å²) in [5, 5.41) is 6.95. The number of carbonyl (C=O) groups is 2. The van der Waals surface area contributed by atoms with Crippen LogP contribution in [-0.4, -0.2) is 30.4 Å². The lowest BCUT2D eigenvalue weighted by Crippen LogP contribution is -2.44. The monoisotopic (exact) mass is 456 g/mol. The maximum absolute atomic E-state index is 13.3. The molecule has 1 N–H and O–H groups in total. The second-order valence-electron chi connectivity index (χ2n) is 7.18. The third-order valence-corrected chi connectivity index (χ3v) is 6.78. The van der Waals surface area contributed by atoms with Crippen molar-refractivity contribution in [3.05, 3.63) is 74.6 Å². The first-order valence-electron chi connectivity index (χ1n) is 10.4. The van der Waals surface area contributed by atoms with Crippen LogP contribution in [-0.2, 0) is 22.6 Å². The number of nitrogens with one attached hydrogen (secondary N) is 1. The van der Waals surface area contributed by atoms with Gasteiger partial charge in [-0.25, -0.2) is 0 Å². The van der Waals surface area contributed by atoms with Crippen LogP contribution >= 0.6 is 22.7 Å². The van der Waals surface area contributed by atoms with Crippen LogP contribution in [0.2, 0.25) is 0 Å². The Hall–Kier alpha value is -2.64. The molecule has 0 aliphatic heterocycles. The minimum atomic E-state index is -0.628. The van der Waals surface area contributed by atoms with E-state index in [1.807, 2.05) is 59.3 Å². The lowest BCUT2D eigenvalue weighted by molar-refractivity contribution is -0.140. The Morgan fingerprint density at radius 1 is 1.06 bits per heavy atom. The molecule has 0 fully saturated rings. The van der Waals surface area contributed by atoms with Crippen LogP contribution < -0.4 is 10.1 Å². The van der Waals surface area contributed by atoms with Crippen molar-refractivity contribution in [3.8, 4) is 5.75 Å². The molecule has 1 aromatic carbocycles. The van der Waals surface area contributed by atoms with Gasteiger partial charge in [0.1, 0.15) is 11.8 Å². The van der Waals surface area contributed by atoms with Crippen molar-refractivity contribution >= 4 is 34.5 Å². The molecule has 0 aliphatic carbocycles. The van der Waals surface area contributed by atoms with Gasteiger partial charge in [-0.1, -0.05) is 37.6 Å². The lowest BCUT2D eigenvalue weighted by Gasteiger charge is -2.30. The Kier molecular flexibility index (Phi) is 8.67. The highest BCUT2D eigenvalue weighted by atomic mass is 32.1. The molecule has 3 aromatic rings. The van der Waals surface area contributed by atoms with Gasteiger partial charge < -0.3 is 15.0 Å². The van der Waals surface area contributed by atoms with Gasteiger partial charge in [-0.05, 0) is 47.0 Å². The number of carbonyl (C=O) groups excluding carboxylic acids is 2. The predicted octanol–water partition coefficient (Wildman–Crippen LogP) is 5.05. The molecule has 0 radical (unpaired) electrons. The zero-order valence-corrected chi connectivity index (χ0v) is 19.5. The van der Waals surface area contributed by atoms with Gasteiger partial charge in [-0.15, -0.1) is 22.7 Å². The predicted molar refractivity (Wildman–Crippen MR) is 127 cm³/mol. The number of nitrogens with zero attached hydrogens (tertiary/aromatic N) is 1. The van der Waals surface area contributed by atoms with E-state index in [4.69, 9.17) is 4.74 Å². The smallest absolute Gasteiger partial charge is 0.248 e. The van der Waals surface area contributed by atoms with Gasteiger partial charge in [0.15, 0.2) is 0 Å². The second-order valence-corrected chi connectivity index (χ2v) is 9.19. The Morgan fingerprint density at radius 2 is 1.81 bits per heavy atom. The van der Waals surface area contributed by atoms with E-state index in [0.29, 0.717) is 19.5 Å². The maximum atomic E-state index is 13.3. The van der Waals surface area contributed by atoms with Crippen molar-refractivity contribution in [2.24, 2.45) is 0 Å². The van der Waals surface area contributed by atoms with Crippen LogP contribution in [0.4, 0.5) is 0 Å². The quantitative estimate of drug-likeness (QED) is 0.439. The van der Waals surface area contributed by atoms with E-state index in [-0.39, 0.29) is 11.8 Å². The molecule has 1 atom stereocenters. The van der Waals surface area contributed by atoms with E-state index in [2.05, 4.69) is 12.2 Å². The van der Waals surface area contributed by atoms with Crippen molar-refractivity contribution in [2.45, 2.75) is 38.8 Å². The van der Waals surface area contributed by atoms with Gasteiger partial charge in [0, 0.05) is 22.8 Å². The van der Waals surface area contributed by atoms with Crippen molar-refractivity contribution in [1.29, 1.82) is 0 Å². The number of hydrogen-bond acceptors (Lipinski definition) is 5. The zero-order valence-electron chi connectivity index (χ0n) is 17.9. The molecule has 7 heteroatoms. The molecule has 3 rings (SSSR count). The SMILES string of the molecule is CCCCN(C(=O)Cc1cccs1)C(C(=O)NCc1ccc(OC)cc1)c1cccs1. The number of ether oxygens (including phenoxy) is 1. The van der Waals surface area contributed by atoms with Gasteiger partial charge in [0.2, 0.25) is 11.8 Å². The third kappa shape index (κ3) is 6.42. The van der Waals surface area contributed by atoms with E-state index >= 15 is 0 Å². The minimum Gasteiger partial charge on any atom is -0.497 e. The molecule has 2 aromatic heterocycles. The van der Waals surface area contributed by atoms with E-state index in [9.17, 15) is 9.59 Å². The highest BCUT2D eigenvalue weighted by Gasteiger charge is 2.31. The number of hydrogen-bond donors (Lipinski definition) is 1. The summed E-state index contributed by atoms with van der Waals surface area (Å²) in [6, 6.07) is 14.7. The number of methoxy groups -OCH3 is 1. The topological polar surface area (TPSA) is 58.6 Å². The molecule has 0 saturated heterocycles. The van der Waals surface area contributed by atoms with Crippen molar-refractivity contribution in [3.63, 3.8) is 0 Å². The summed E-state index contributed by atoms with van der Waals surface area (Å²) in [7, 11) is 1.63. The van der Waals surface area contributed by atoms with E-state index in [1.54, 1.807) is 23.3 Å². The van der Waals surface area contributed by atoms with Crippen molar-refractivity contribution < 1.29 is 14.3 Å². The summed E-state index contributed by atoms with van der Waals surface area (Å²) in [6.45, 7) is 3.04. The molecule has 0 spiro atoms. The van der Waals surface area contributed by atoms with E-state index in [1.165, 1.54) is 11.3 Å². The molecule has 5 nitrogen and oxygen atoms in total. The summed E-state index contributed by atoms with van der Waals surface area (Å²) < 4.78 is 5.19. The standard InChI is InChI=1S/C24H28N2O3S2/c1-3-4-13-26(22(27)16-20-7-5-14-30-20)23(21-8-6-15-31-21)24(28)25-17-18-9-11-19(29-2)12-10-18/h5-12,14-15,23H,3-4,13,16-17H2,1-2H3,(H,25,28). The second kappa shape index (κ2) is 11.7. The molecule has 0 bridgehead atoms. The fraction of sp³-hybridized carbons (Fsp3) is 0.333. The summed E-state index contributed by atoms with van der Waals surface area (Å²) in [5.74, 6) is 0.597. The van der Waals surface area contributed by atoms with Gasteiger partial charge in [0.05, 0.1) is 13.5 Å². The Bertz CT molecular complexity index is 938. The maximum Gasteiger partial charge on any atom is 0.248 e. The van der Waals surface area contributed by atoms with Crippen LogP contribution in [0.1, 0.15) is 41.1 Å². The number of benzene rings is 1. The Labute approximate surface area is 191 Å². The fourth-order valence-corrected chi connectivity index (χ4v) is 4.82. The highest BCUT2D eigenvalue weighted by molar-refractivity contribution is 7.10. The van der Waals surface area contributed by atoms with Crippen LogP contribution in [0, 0.1) is 0 Å².